The fourth-order valence-electron chi connectivity index (χ4n) is 5.32. The lowest BCUT2D eigenvalue weighted by atomic mass is 9.74. The number of piperidine rings is 3. The number of carbonyl (C=O) groups is 1. The Morgan fingerprint density at radius 1 is 1.21 bits per heavy atom. The predicted molar refractivity (Wildman–Crippen MR) is 129 cm³/mol. The molecule has 2 aromatic rings. The van der Waals surface area contributed by atoms with Gasteiger partial charge in [-0.15, -0.1) is 0 Å². The predicted octanol–water partition coefficient (Wildman–Crippen LogP) is 4.76. The van der Waals surface area contributed by atoms with Crippen molar-refractivity contribution in [2.75, 3.05) is 26.2 Å². The van der Waals surface area contributed by atoms with E-state index in [1.165, 1.54) is 0 Å². The molecule has 0 radical (unpaired) electrons. The second-order valence-corrected chi connectivity index (χ2v) is 9.36. The maximum Gasteiger partial charge on any atom is 0.407 e. The van der Waals surface area contributed by atoms with E-state index >= 15 is 0 Å². The van der Waals surface area contributed by atoms with Crippen molar-refractivity contribution < 1.29 is 9.53 Å². The molecule has 3 fully saturated rings. The second kappa shape index (κ2) is 11.1. The lowest BCUT2D eigenvalue weighted by molar-refractivity contribution is -0.00344. The number of rotatable bonds is 9. The Kier molecular flexibility index (Phi) is 7.91. The Morgan fingerprint density at radius 3 is 2.67 bits per heavy atom. The van der Waals surface area contributed by atoms with E-state index in [-0.39, 0.29) is 6.09 Å². The minimum Gasteiger partial charge on any atom is -0.448 e. The van der Waals surface area contributed by atoms with Gasteiger partial charge in [0.2, 0.25) is 0 Å². The molecule has 3 aliphatic heterocycles. The van der Waals surface area contributed by atoms with Crippen LogP contribution in [0.5, 0.6) is 0 Å². The largest absolute Gasteiger partial charge is 0.448 e. The summed E-state index contributed by atoms with van der Waals surface area (Å²) in [5.41, 5.74) is 3.33. The lowest BCUT2D eigenvalue weighted by Crippen LogP contribution is -2.54. The van der Waals surface area contributed by atoms with E-state index < -0.39 is 0 Å². The molecule has 3 aliphatic rings. The zero-order valence-corrected chi connectivity index (χ0v) is 20.2. The van der Waals surface area contributed by atoms with Crippen LogP contribution in [0.2, 0.25) is 0 Å². The van der Waals surface area contributed by atoms with E-state index in [4.69, 9.17) is 14.7 Å². The van der Waals surface area contributed by atoms with Crippen LogP contribution in [0.3, 0.4) is 0 Å². The lowest BCUT2D eigenvalue weighted by Gasteiger charge is -2.49. The first-order valence-electron chi connectivity index (χ1n) is 12.6. The maximum atomic E-state index is 11.9. The molecule has 0 spiro atoms. The number of hydrogen-bond donors (Lipinski definition) is 1. The van der Waals surface area contributed by atoms with Crippen LogP contribution in [-0.4, -0.2) is 58.2 Å². The number of nitrogens with zero attached hydrogens (tertiary/aromatic N) is 4. The molecule has 2 aromatic heterocycles. The number of amides is 1. The highest BCUT2D eigenvalue weighted by Crippen LogP contribution is 2.42. The summed E-state index contributed by atoms with van der Waals surface area (Å²) in [6.07, 6.45) is 8.57. The summed E-state index contributed by atoms with van der Waals surface area (Å²) >= 11 is 0. The van der Waals surface area contributed by atoms with E-state index in [0.29, 0.717) is 36.9 Å². The first-order valence-corrected chi connectivity index (χ1v) is 12.6. The van der Waals surface area contributed by atoms with Crippen molar-refractivity contribution >= 4 is 6.09 Å². The molecule has 2 bridgehead atoms. The van der Waals surface area contributed by atoms with Crippen LogP contribution in [-0.2, 0) is 4.74 Å². The molecule has 7 nitrogen and oxygen atoms in total. The van der Waals surface area contributed by atoms with Crippen LogP contribution in [0.1, 0.15) is 76.1 Å². The highest BCUT2D eigenvalue weighted by atomic mass is 16.5. The van der Waals surface area contributed by atoms with Crippen molar-refractivity contribution in [1.29, 1.82) is 0 Å². The third-order valence-electron chi connectivity index (χ3n) is 7.29. The van der Waals surface area contributed by atoms with Gasteiger partial charge in [0.05, 0.1) is 0 Å². The summed E-state index contributed by atoms with van der Waals surface area (Å²) in [5, 5.41) is 2.80. The molecule has 0 saturated carbocycles. The van der Waals surface area contributed by atoms with Gasteiger partial charge in [-0.3, -0.25) is 9.88 Å². The number of pyridine rings is 1. The number of carbonyl (C=O) groups excluding carboxylic acids is 1. The van der Waals surface area contributed by atoms with Gasteiger partial charge in [0.25, 0.3) is 0 Å². The maximum absolute atomic E-state index is 11.9. The van der Waals surface area contributed by atoms with Gasteiger partial charge in [-0.1, -0.05) is 20.8 Å². The Bertz CT molecular complexity index is 918. The minimum atomic E-state index is -0.302. The van der Waals surface area contributed by atoms with Crippen molar-refractivity contribution in [3.63, 3.8) is 0 Å². The highest BCUT2D eigenvalue weighted by Gasteiger charge is 2.42. The molecular weight excluding hydrogens is 414 g/mol. The summed E-state index contributed by atoms with van der Waals surface area (Å²) in [7, 11) is 0. The monoisotopic (exact) mass is 451 g/mol. The molecule has 0 aromatic carbocycles. The first kappa shape index (κ1) is 23.6. The quantitative estimate of drug-likeness (QED) is 0.592. The van der Waals surface area contributed by atoms with Gasteiger partial charge in [0.1, 0.15) is 6.61 Å². The highest BCUT2D eigenvalue weighted by molar-refractivity contribution is 5.67. The summed E-state index contributed by atoms with van der Waals surface area (Å²) in [6, 6.07) is 6.54. The zero-order valence-electron chi connectivity index (χ0n) is 20.2. The van der Waals surface area contributed by atoms with Crippen molar-refractivity contribution in [2.45, 2.75) is 70.8 Å². The third-order valence-corrected chi connectivity index (χ3v) is 7.29. The Morgan fingerprint density at radius 2 is 2.00 bits per heavy atom. The summed E-state index contributed by atoms with van der Waals surface area (Å²) in [4.78, 5) is 28.6. The topological polar surface area (TPSA) is 80.2 Å². The van der Waals surface area contributed by atoms with E-state index in [0.717, 1.165) is 68.0 Å². The van der Waals surface area contributed by atoms with Crippen LogP contribution in [0.4, 0.5) is 4.79 Å². The molecule has 5 rings (SSSR count). The molecule has 33 heavy (non-hydrogen) atoms. The fourth-order valence-corrected chi connectivity index (χ4v) is 5.32. The van der Waals surface area contributed by atoms with Crippen LogP contribution < -0.4 is 5.32 Å². The molecule has 0 aliphatic carbocycles. The van der Waals surface area contributed by atoms with Crippen LogP contribution in [0, 0.1) is 5.92 Å². The van der Waals surface area contributed by atoms with Gasteiger partial charge < -0.3 is 10.1 Å². The average Bonchev–Trinajstić information content (AvgIpc) is 2.87. The van der Waals surface area contributed by atoms with E-state index in [9.17, 15) is 4.79 Å². The normalized spacial score (nSPS) is 24.1. The molecular formula is C26H37N5O2. The number of aromatic nitrogens is 3. The molecule has 1 unspecified atom stereocenters. The van der Waals surface area contributed by atoms with E-state index in [1.807, 2.05) is 19.1 Å². The van der Waals surface area contributed by atoms with Crippen LogP contribution in [0.25, 0.3) is 11.4 Å². The molecule has 3 saturated heterocycles. The molecule has 1 amide bonds. The van der Waals surface area contributed by atoms with Gasteiger partial charge in [0.15, 0.2) is 5.82 Å². The van der Waals surface area contributed by atoms with Gasteiger partial charge in [0, 0.05) is 60.3 Å². The Labute approximate surface area is 197 Å². The van der Waals surface area contributed by atoms with Crippen molar-refractivity contribution in [1.82, 2.24) is 25.2 Å². The standard InChI is InChI=1S/C26H37N5O2/c1-4-10-28-26(32)33-17-21-14-20-9-13-31(21)16-22(20)24-15-23(18(5-2)6-3)29-25(30-24)19-7-11-27-12-8-19/h7-8,11-12,15,18,20-22H,4-6,9-10,13-14,16-17H2,1-3H3,(H,28,32)/t20-,21+,22-/m0/s1. The number of nitrogens with one attached hydrogen (secondary N) is 1. The van der Waals surface area contributed by atoms with Crippen molar-refractivity contribution in [3.05, 3.63) is 42.0 Å². The minimum absolute atomic E-state index is 0.299. The second-order valence-electron chi connectivity index (χ2n) is 9.36. The van der Waals surface area contributed by atoms with Crippen molar-refractivity contribution in [2.24, 2.45) is 5.92 Å². The van der Waals surface area contributed by atoms with Gasteiger partial charge >= 0.3 is 6.09 Å². The van der Waals surface area contributed by atoms with Gasteiger partial charge in [-0.05, 0) is 62.8 Å². The third kappa shape index (κ3) is 5.52. The molecule has 4 atom stereocenters. The number of fused-ring (bicyclic) bond motifs is 3. The number of hydrogen-bond acceptors (Lipinski definition) is 6. The zero-order chi connectivity index (χ0) is 23.2. The van der Waals surface area contributed by atoms with Crippen LogP contribution >= 0.6 is 0 Å². The first-order chi connectivity index (χ1) is 16.1. The van der Waals surface area contributed by atoms with E-state index in [1.54, 1.807) is 12.4 Å². The summed E-state index contributed by atoms with van der Waals surface area (Å²) < 4.78 is 5.51. The Hall–Kier alpha value is -2.54. The summed E-state index contributed by atoms with van der Waals surface area (Å²) in [6.45, 7) is 9.65. The molecule has 7 heteroatoms. The average molecular weight is 452 g/mol. The SMILES string of the molecule is CCCNC(=O)OC[C@H]1C[C@@H]2CCN1C[C@@H]2c1cc(C(CC)CC)nc(-c2ccncc2)n1. The molecule has 178 valence electrons. The van der Waals surface area contributed by atoms with Gasteiger partial charge in [-0.2, -0.15) is 0 Å². The fraction of sp³-hybridized carbons (Fsp3) is 0.615. The smallest absolute Gasteiger partial charge is 0.407 e. The molecule has 5 heterocycles. The van der Waals surface area contributed by atoms with E-state index in [2.05, 4.69) is 35.1 Å². The Balaban J connectivity index is 1.53. The van der Waals surface area contributed by atoms with Crippen molar-refractivity contribution in [3.8, 4) is 11.4 Å². The number of ether oxygens (including phenoxy) is 1. The summed E-state index contributed by atoms with van der Waals surface area (Å²) in [5.74, 6) is 2.19. The molecule has 1 N–H and O–H groups in total. The van der Waals surface area contributed by atoms with Crippen LogP contribution in [0.15, 0.2) is 30.6 Å². The number of alkyl carbamates (subject to hydrolysis) is 1. The van der Waals surface area contributed by atoms with Gasteiger partial charge in [-0.25, -0.2) is 14.8 Å².